The average molecular weight is 340 g/mol. The lowest BCUT2D eigenvalue weighted by Gasteiger charge is -2.14. The van der Waals surface area contributed by atoms with Crippen molar-refractivity contribution in [2.45, 2.75) is 27.3 Å². The highest BCUT2D eigenvalue weighted by molar-refractivity contribution is 5.97. The van der Waals surface area contributed by atoms with Crippen molar-refractivity contribution in [1.82, 2.24) is 4.57 Å². The SMILES string of the molecule is COC(=O)c1cc2occc2n1CC(=O)Nc1c(C)cc(C)cc1C. The van der Waals surface area contributed by atoms with Gasteiger partial charge in [-0.1, -0.05) is 17.7 Å². The van der Waals surface area contributed by atoms with Crippen molar-refractivity contribution in [3.05, 3.63) is 52.9 Å². The third-order valence-electron chi connectivity index (χ3n) is 4.16. The van der Waals surface area contributed by atoms with Gasteiger partial charge in [0.05, 0.1) is 18.9 Å². The molecule has 3 rings (SSSR count). The van der Waals surface area contributed by atoms with Crippen molar-refractivity contribution in [3.8, 4) is 0 Å². The lowest BCUT2D eigenvalue weighted by molar-refractivity contribution is -0.116. The average Bonchev–Trinajstić information content (AvgIpc) is 3.13. The topological polar surface area (TPSA) is 73.5 Å². The van der Waals surface area contributed by atoms with E-state index in [4.69, 9.17) is 9.15 Å². The minimum absolute atomic E-state index is 0.0137. The molecule has 0 spiro atoms. The fourth-order valence-corrected chi connectivity index (χ4v) is 3.12. The zero-order chi connectivity index (χ0) is 18.1. The minimum Gasteiger partial charge on any atom is -0.464 e. The fraction of sp³-hybridized carbons (Fsp3) is 0.263. The number of methoxy groups -OCH3 is 1. The highest BCUT2D eigenvalue weighted by Gasteiger charge is 2.20. The molecule has 0 unspecified atom stereocenters. The number of benzene rings is 1. The Morgan fingerprint density at radius 2 is 1.84 bits per heavy atom. The predicted octanol–water partition coefficient (Wildman–Crippen LogP) is 3.58. The van der Waals surface area contributed by atoms with Crippen LogP contribution in [0.25, 0.3) is 11.1 Å². The van der Waals surface area contributed by atoms with Gasteiger partial charge in [0.15, 0.2) is 5.58 Å². The number of esters is 1. The summed E-state index contributed by atoms with van der Waals surface area (Å²) in [5.74, 6) is -0.735. The first-order chi connectivity index (χ1) is 11.9. The number of hydrogen-bond donors (Lipinski definition) is 1. The first-order valence-electron chi connectivity index (χ1n) is 7.93. The van der Waals surface area contributed by atoms with E-state index in [1.807, 2.05) is 32.9 Å². The first-order valence-corrected chi connectivity index (χ1v) is 7.93. The number of aryl methyl sites for hydroxylation is 3. The molecule has 0 radical (unpaired) electrons. The number of nitrogens with zero attached hydrogens (tertiary/aromatic N) is 1. The van der Waals surface area contributed by atoms with E-state index in [0.717, 1.165) is 22.4 Å². The summed E-state index contributed by atoms with van der Waals surface area (Å²) < 4.78 is 11.7. The van der Waals surface area contributed by atoms with Gasteiger partial charge in [0, 0.05) is 17.8 Å². The molecule has 1 N–H and O–H groups in total. The molecule has 0 aliphatic rings. The van der Waals surface area contributed by atoms with Crippen molar-refractivity contribution in [3.63, 3.8) is 0 Å². The number of aromatic nitrogens is 1. The fourth-order valence-electron chi connectivity index (χ4n) is 3.12. The second kappa shape index (κ2) is 6.47. The summed E-state index contributed by atoms with van der Waals surface area (Å²) in [7, 11) is 1.31. The maximum absolute atomic E-state index is 12.6. The van der Waals surface area contributed by atoms with Crippen LogP contribution in [0.1, 0.15) is 27.2 Å². The van der Waals surface area contributed by atoms with Crippen molar-refractivity contribution < 1.29 is 18.7 Å². The Balaban J connectivity index is 1.90. The van der Waals surface area contributed by atoms with Crippen LogP contribution in [-0.2, 0) is 16.1 Å². The van der Waals surface area contributed by atoms with Gasteiger partial charge < -0.3 is 19.0 Å². The standard InChI is InChI=1S/C19H20N2O4/c1-11-7-12(2)18(13(3)8-11)20-17(22)10-21-14-5-6-25-16(14)9-15(21)19(23)24-4/h5-9H,10H2,1-4H3,(H,20,22). The van der Waals surface area contributed by atoms with Gasteiger partial charge in [-0.15, -0.1) is 0 Å². The van der Waals surface area contributed by atoms with E-state index < -0.39 is 5.97 Å². The largest absolute Gasteiger partial charge is 0.464 e. The van der Waals surface area contributed by atoms with Crippen molar-refractivity contribution in [2.24, 2.45) is 0 Å². The Kier molecular flexibility index (Phi) is 4.35. The zero-order valence-corrected chi connectivity index (χ0v) is 14.7. The number of nitrogens with one attached hydrogen (secondary N) is 1. The molecule has 25 heavy (non-hydrogen) atoms. The van der Waals surface area contributed by atoms with Gasteiger partial charge >= 0.3 is 5.97 Å². The molecule has 0 saturated carbocycles. The summed E-state index contributed by atoms with van der Waals surface area (Å²) in [6.45, 7) is 5.92. The number of fused-ring (bicyclic) bond motifs is 1. The van der Waals surface area contributed by atoms with Crippen LogP contribution in [0.2, 0.25) is 0 Å². The molecule has 1 aromatic carbocycles. The molecule has 0 bridgehead atoms. The number of carbonyl (C=O) groups is 2. The molecular weight excluding hydrogens is 320 g/mol. The Morgan fingerprint density at radius 3 is 2.48 bits per heavy atom. The second-order valence-corrected chi connectivity index (χ2v) is 6.10. The van der Waals surface area contributed by atoms with E-state index in [9.17, 15) is 9.59 Å². The molecule has 0 fully saturated rings. The Hall–Kier alpha value is -3.02. The summed E-state index contributed by atoms with van der Waals surface area (Å²) in [5.41, 5.74) is 5.44. The van der Waals surface area contributed by atoms with E-state index in [2.05, 4.69) is 5.32 Å². The normalized spacial score (nSPS) is 10.9. The molecule has 2 heterocycles. The maximum atomic E-state index is 12.6. The Labute approximate surface area is 145 Å². The zero-order valence-electron chi connectivity index (χ0n) is 14.7. The number of amides is 1. The quantitative estimate of drug-likeness (QED) is 0.737. The molecule has 0 aliphatic heterocycles. The van der Waals surface area contributed by atoms with E-state index in [1.165, 1.54) is 13.4 Å². The van der Waals surface area contributed by atoms with Gasteiger partial charge in [-0.2, -0.15) is 0 Å². The molecule has 6 heteroatoms. The van der Waals surface area contributed by atoms with Crippen LogP contribution in [0.3, 0.4) is 0 Å². The number of anilines is 1. The Morgan fingerprint density at radius 1 is 1.16 bits per heavy atom. The summed E-state index contributed by atoms with van der Waals surface area (Å²) in [4.78, 5) is 24.6. The molecular formula is C19H20N2O4. The van der Waals surface area contributed by atoms with Crippen LogP contribution in [0.15, 0.2) is 34.9 Å². The number of furan rings is 1. The Bertz CT molecular complexity index is 942. The highest BCUT2D eigenvalue weighted by Crippen LogP contribution is 2.24. The number of carbonyl (C=O) groups excluding carboxylic acids is 2. The van der Waals surface area contributed by atoms with Crippen LogP contribution in [0.5, 0.6) is 0 Å². The molecule has 1 amide bonds. The van der Waals surface area contributed by atoms with Gasteiger partial charge in [0.25, 0.3) is 0 Å². The van der Waals surface area contributed by atoms with E-state index in [-0.39, 0.29) is 18.1 Å². The van der Waals surface area contributed by atoms with Gasteiger partial charge in [-0.3, -0.25) is 4.79 Å². The third-order valence-corrected chi connectivity index (χ3v) is 4.16. The highest BCUT2D eigenvalue weighted by atomic mass is 16.5. The van der Waals surface area contributed by atoms with E-state index >= 15 is 0 Å². The number of ether oxygens (including phenoxy) is 1. The minimum atomic E-state index is -0.512. The molecule has 3 aromatic rings. The van der Waals surface area contributed by atoms with Crippen LogP contribution >= 0.6 is 0 Å². The maximum Gasteiger partial charge on any atom is 0.354 e. The third kappa shape index (κ3) is 3.15. The first kappa shape index (κ1) is 16.8. The van der Waals surface area contributed by atoms with Crippen molar-refractivity contribution in [2.75, 3.05) is 12.4 Å². The summed E-state index contributed by atoms with van der Waals surface area (Å²) >= 11 is 0. The van der Waals surface area contributed by atoms with Crippen LogP contribution in [0.4, 0.5) is 5.69 Å². The summed E-state index contributed by atoms with van der Waals surface area (Å²) in [5, 5.41) is 2.94. The number of rotatable bonds is 4. The van der Waals surface area contributed by atoms with Crippen LogP contribution in [-0.4, -0.2) is 23.6 Å². The molecule has 0 aliphatic carbocycles. The molecule has 2 aromatic heterocycles. The van der Waals surface area contributed by atoms with Crippen molar-refractivity contribution >= 4 is 28.7 Å². The summed E-state index contributed by atoms with van der Waals surface area (Å²) in [6, 6.07) is 7.34. The van der Waals surface area contributed by atoms with Gasteiger partial charge in [-0.25, -0.2) is 4.79 Å². The van der Waals surface area contributed by atoms with Crippen LogP contribution in [0, 0.1) is 20.8 Å². The smallest absolute Gasteiger partial charge is 0.354 e. The molecule has 0 saturated heterocycles. The summed E-state index contributed by atoms with van der Waals surface area (Å²) in [6.07, 6.45) is 1.52. The van der Waals surface area contributed by atoms with Gasteiger partial charge in [0.2, 0.25) is 5.91 Å². The molecule has 130 valence electrons. The predicted molar refractivity (Wildman–Crippen MR) is 94.8 cm³/mol. The van der Waals surface area contributed by atoms with Gasteiger partial charge in [-0.05, 0) is 31.9 Å². The molecule has 0 atom stereocenters. The van der Waals surface area contributed by atoms with E-state index in [0.29, 0.717) is 11.1 Å². The lowest BCUT2D eigenvalue weighted by atomic mass is 10.1. The second-order valence-electron chi connectivity index (χ2n) is 6.10. The lowest BCUT2D eigenvalue weighted by Crippen LogP contribution is -2.22. The molecule has 6 nitrogen and oxygen atoms in total. The van der Waals surface area contributed by atoms with Gasteiger partial charge in [0.1, 0.15) is 12.2 Å². The monoisotopic (exact) mass is 340 g/mol. The van der Waals surface area contributed by atoms with E-state index in [1.54, 1.807) is 16.7 Å². The van der Waals surface area contributed by atoms with Crippen LogP contribution < -0.4 is 5.32 Å². The van der Waals surface area contributed by atoms with Crippen molar-refractivity contribution in [1.29, 1.82) is 0 Å². The number of hydrogen-bond acceptors (Lipinski definition) is 4.